The van der Waals surface area contributed by atoms with Crippen LogP contribution in [0.2, 0.25) is 0 Å². The van der Waals surface area contributed by atoms with E-state index in [-0.39, 0.29) is 0 Å². The second-order valence-corrected chi connectivity index (χ2v) is 4.00. The Kier molecular flexibility index (Phi) is 2.52. The summed E-state index contributed by atoms with van der Waals surface area (Å²) >= 11 is 0. The number of aliphatic hydroxyl groups excluding tert-OH is 1. The smallest absolute Gasteiger partial charge is 0.299 e. The average Bonchev–Trinajstić information content (AvgIpc) is 2.52. The molecule has 0 bridgehead atoms. The quantitative estimate of drug-likeness (QED) is 0.754. The second-order valence-electron chi connectivity index (χ2n) is 4.00. The summed E-state index contributed by atoms with van der Waals surface area (Å²) in [5.41, 5.74) is 1.01. The molecule has 0 fully saturated rings. The molecule has 0 saturated heterocycles. The van der Waals surface area contributed by atoms with Gasteiger partial charge in [-0.2, -0.15) is 0 Å². The van der Waals surface area contributed by atoms with E-state index >= 15 is 0 Å². The molecule has 2 atom stereocenters. The van der Waals surface area contributed by atoms with Crippen molar-refractivity contribution in [3.05, 3.63) is 29.8 Å². The predicted molar refractivity (Wildman–Crippen MR) is 59.4 cm³/mol. The highest BCUT2D eigenvalue weighted by atomic mass is 16.3. The maximum atomic E-state index is 11.8. The summed E-state index contributed by atoms with van der Waals surface area (Å²) in [5, 5.41) is 9.51. The molecule has 84 valence electrons. The number of fused-ring (bicyclic) bond motifs is 1. The molecule has 1 aromatic rings. The van der Waals surface area contributed by atoms with Crippen LogP contribution in [0.25, 0.3) is 0 Å². The van der Waals surface area contributed by atoms with E-state index in [2.05, 4.69) is 0 Å². The van der Waals surface area contributed by atoms with Crippen LogP contribution in [-0.4, -0.2) is 28.9 Å². The lowest BCUT2D eigenvalue weighted by Crippen LogP contribution is -2.43. The highest BCUT2D eigenvalue weighted by Crippen LogP contribution is 2.30. The Labute approximate surface area is 93.5 Å². The van der Waals surface area contributed by atoms with Crippen LogP contribution in [0.15, 0.2) is 24.3 Å². The van der Waals surface area contributed by atoms with Crippen LogP contribution in [0.5, 0.6) is 0 Å². The molecule has 1 aliphatic rings. The number of benzene rings is 1. The highest BCUT2D eigenvalue weighted by molar-refractivity contribution is 6.52. The van der Waals surface area contributed by atoms with Crippen LogP contribution in [0.1, 0.15) is 24.2 Å². The Balaban J connectivity index is 2.49. The van der Waals surface area contributed by atoms with Gasteiger partial charge in [-0.25, -0.2) is 0 Å². The van der Waals surface area contributed by atoms with Gasteiger partial charge in [-0.3, -0.25) is 14.5 Å². The number of hydrogen-bond donors (Lipinski definition) is 1. The van der Waals surface area contributed by atoms with E-state index in [4.69, 9.17) is 0 Å². The van der Waals surface area contributed by atoms with E-state index in [0.717, 1.165) is 0 Å². The van der Waals surface area contributed by atoms with Crippen molar-refractivity contribution in [3.8, 4) is 0 Å². The van der Waals surface area contributed by atoms with E-state index in [1.54, 1.807) is 38.1 Å². The van der Waals surface area contributed by atoms with Crippen LogP contribution in [0, 0.1) is 0 Å². The lowest BCUT2D eigenvalue weighted by molar-refractivity contribution is -0.115. The summed E-state index contributed by atoms with van der Waals surface area (Å²) in [6.45, 7) is 3.32. The van der Waals surface area contributed by atoms with Crippen molar-refractivity contribution in [3.63, 3.8) is 0 Å². The summed E-state index contributed by atoms with van der Waals surface area (Å²) in [6, 6.07) is 6.44. The van der Waals surface area contributed by atoms with Gasteiger partial charge in [-0.05, 0) is 26.0 Å². The summed E-state index contributed by atoms with van der Waals surface area (Å²) in [6.07, 6.45) is -0.678. The Morgan fingerprint density at radius 1 is 1.19 bits per heavy atom. The number of carbonyl (C=O) groups is 2. The predicted octanol–water partition coefficient (Wildman–Crippen LogP) is 0.985. The SMILES string of the molecule is CC(O)C(C)N1C(=O)C(=O)c2ccccc21. The van der Waals surface area contributed by atoms with Gasteiger partial charge >= 0.3 is 0 Å². The number of hydrogen-bond acceptors (Lipinski definition) is 3. The van der Waals surface area contributed by atoms with E-state index < -0.39 is 23.8 Å². The van der Waals surface area contributed by atoms with Gasteiger partial charge in [0.2, 0.25) is 0 Å². The monoisotopic (exact) mass is 219 g/mol. The fraction of sp³-hybridized carbons (Fsp3) is 0.333. The third-order valence-corrected chi connectivity index (χ3v) is 2.93. The summed E-state index contributed by atoms with van der Waals surface area (Å²) < 4.78 is 0. The van der Waals surface area contributed by atoms with Crippen LogP contribution in [0.4, 0.5) is 5.69 Å². The first kappa shape index (κ1) is 10.8. The molecule has 0 aromatic heterocycles. The van der Waals surface area contributed by atoms with Gasteiger partial charge in [0.15, 0.2) is 0 Å². The Hall–Kier alpha value is -1.68. The largest absolute Gasteiger partial charge is 0.391 e. The number of nitrogens with zero attached hydrogens (tertiary/aromatic N) is 1. The van der Waals surface area contributed by atoms with Crippen molar-refractivity contribution in [2.45, 2.75) is 26.0 Å². The third-order valence-electron chi connectivity index (χ3n) is 2.93. The first-order valence-electron chi connectivity index (χ1n) is 5.19. The average molecular weight is 219 g/mol. The summed E-state index contributed by atoms with van der Waals surface area (Å²) in [5.74, 6) is -1.06. The molecule has 1 aliphatic heterocycles. The number of carbonyl (C=O) groups excluding carboxylic acids is 2. The zero-order valence-electron chi connectivity index (χ0n) is 9.18. The van der Waals surface area contributed by atoms with Crippen molar-refractivity contribution in [1.29, 1.82) is 0 Å². The number of para-hydroxylation sites is 1. The standard InChI is InChI=1S/C12H13NO3/c1-7(8(2)14)13-10-6-4-3-5-9(10)11(15)12(13)16/h3-8,14H,1-2H3. The van der Waals surface area contributed by atoms with E-state index in [0.29, 0.717) is 11.3 Å². The van der Waals surface area contributed by atoms with Gasteiger partial charge in [0.25, 0.3) is 11.7 Å². The molecule has 1 N–H and O–H groups in total. The van der Waals surface area contributed by atoms with Crippen molar-refractivity contribution in [2.75, 3.05) is 4.90 Å². The molecule has 4 nitrogen and oxygen atoms in total. The van der Waals surface area contributed by atoms with Crippen LogP contribution < -0.4 is 4.90 Å². The molecule has 0 radical (unpaired) electrons. The van der Waals surface area contributed by atoms with Crippen molar-refractivity contribution < 1.29 is 14.7 Å². The van der Waals surface area contributed by atoms with E-state index in [1.807, 2.05) is 0 Å². The van der Waals surface area contributed by atoms with Crippen LogP contribution >= 0.6 is 0 Å². The Morgan fingerprint density at radius 3 is 2.44 bits per heavy atom. The second kappa shape index (κ2) is 3.72. The number of amides is 1. The number of aliphatic hydroxyl groups is 1. The molecule has 0 spiro atoms. The maximum absolute atomic E-state index is 11.8. The number of rotatable bonds is 2. The Bertz CT molecular complexity index is 453. The summed E-state index contributed by atoms with van der Waals surface area (Å²) in [7, 11) is 0. The molecule has 1 heterocycles. The molecule has 2 unspecified atom stereocenters. The Morgan fingerprint density at radius 2 is 1.81 bits per heavy atom. The molecule has 1 amide bonds. The van der Waals surface area contributed by atoms with Gasteiger partial charge in [-0.15, -0.1) is 0 Å². The van der Waals surface area contributed by atoms with E-state index in [1.165, 1.54) is 4.90 Å². The zero-order chi connectivity index (χ0) is 11.9. The van der Waals surface area contributed by atoms with E-state index in [9.17, 15) is 14.7 Å². The number of ketones is 1. The fourth-order valence-electron chi connectivity index (χ4n) is 1.83. The number of Topliss-reactive ketones (excluding diaryl/α,β-unsaturated/α-hetero) is 1. The topological polar surface area (TPSA) is 57.6 Å². The molecular formula is C12H13NO3. The minimum Gasteiger partial charge on any atom is -0.391 e. The van der Waals surface area contributed by atoms with Crippen molar-refractivity contribution in [2.24, 2.45) is 0 Å². The first-order chi connectivity index (χ1) is 7.54. The molecular weight excluding hydrogens is 206 g/mol. The molecule has 2 rings (SSSR count). The molecule has 1 aromatic carbocycles. The van der Waals surface area contributed by atoms with Crippen molar-refractivity contribution in [1.82, 2.24) is 0 Å². The number of anilines is 1. The third kappa shape index (κ3) is 1.42. The van der Waals surface area contributed by atoms with Gasteiger partial charge in [0.1, 0.15) is 0 Å². The fourth-order valence-corrected chi connectivity index (χ4v) is 1.83. The highest BCUT2D eigenvalue weighted by Gasteiger charge is 2.39. The molecule has 16 heavy (non-hydrogen) atoms. The van der Waals surface area contributed by atoms with Gasteiger partial charge < -0.3 is 5.11 Å². The minimum absolute atomic E-state index is 0.403. The van der Waals surface area contributed by atoms with Gasteiger partial charge in [0.05, 0.1) is 23.4 Å². The van der Waals surface area contributed by atoms with Gasteiger partial charge in [0, 0.05) is 0 Å². The lowest BCUT2D eigenvalue weighted by Gasteiger charge is -2.26. The maximum Gasteiger partial charge on any atom is 0.299 e. The normalized spacial score (nSPS) is 18.6. The molecule has 0 saturated carbocycles. The van der Waals surface area contributed by atoms with Crippen LogP contribution in [-0.2, 0) is 4.79 Å². The minimum atomic E-state index is -0.678. The van der Waals surface area contributed by atoms with Crippen molar-refractivity contribution >= 4 is 17.4 Å². The van der Waals surface area contributed by atoms with Crippen LogP contribution in [0.3, 0.4) is 0 Å². The summed E-state index contributed by atoms with van der Waals surface area (Å²) in [4.78, 5) is 24.8. The van der Waals surface area contributed by atoms with Gasteiger partial charge in [-0.1, -0.05) is 12.1 Å². The first-order valence-corrected chi connectivity index (χ1v) is 5.19. The molecule has 4 heteroatoms. The zero-order valence-corrected chi connectivity index (χ0v) is 9.18. The molecule has 0 aliphatic carbocycles. The lowest BCUT2D eigenvalue weighted by atomic mass is 10.1.